The molecule has 0 aliphatic heterocycles. The largest absolute Gasteiger partial charge is 0.451 e. The Labute approximate surface area is 108 Å². The van der Waals surface area contributed by atoms with E-state index in [1.807, 2.05) is 0 Å². The van der Waals surface area contributed by atoms with E-state index in [9.17, 15) is 4.21 Å². The quantitative estimate of drug-likeness (QED) is 0.612. The number of rotatable bonds is 8. The molecular formula is C13H27OS2-. The van der Waals surface area contributed by atoms with E-state index in [0.717, 1.165) is 18.3 Å². The summed E-state index contributed by atoms with van der Waals surface area (Å²) in [6, 6.07) is 0. The van der Waals surface area contributed by atoms with Crippen molar-refractivity contribution < 1.29 is 4.21 Å². The molecule has 0 aromatic rings. The lowest BCUT2D eigenvalue weighted by atomic mass is 9.75. The Morgan fingerprint density at radius 1 is 1.06 bits per heavy atom. The molecule has 0 saturated heterocycles. The van der Waals surface area contributed by atoms with Gasteiger partial charge in [-0.15, -0.1) is 0 Å². The van der Waals surface area contributed by atoms with Crippen molar-refractivity contribution in [2.45, 2.75) is 53.9 Å². The van der Waals surface area contributed by atoms with Gasteiger partial charge in [0.25, 0.3) is 0 Å². The summed E-state index contributed by atoms with van der Waals surface area (Å²) in [4.78, 5) is 0. The topological polar surface area (TPSA) is 17.1 Å². The fourth-order valence-electron chi connectivity index (χ4n) is 2.41. The van der Waals surface area contributed by atoms with Crippen LogP contribution >= 0.6 is 0 Å². The summed E-state index contributed by atoms with van der Waals surface area (Å²) < 4.78 is 11.0. The summed E-state index contributed by atoms with van der Waals surface area (Å²) >= 11 is 4.74. The second-order valence-corrected chi connectivity index (χ2v) is 7.20. The predicted octanol–water partition coefficient (Wildman–Crippen LogP) is 4.15. The first kappa shape index (κ1) is 16.4. The van der Waals surface area contributed by atoms with Gasteiger partial charge in [0, 0.05) is 0 Å². The average Bonchev–Trinajstić information content (AvgIpc) is 2.27. The first-order valence-corrected chi connectivity index (χ1v) is 8.74. The Bertz CT molecular complexity index is 240. The van der Waals surface area contributed by atoms with Crippen molar-refractivity contribution in [2.75, 3.05) is 5.75 Å². The molecule has 0 aromatic heterocycles. The number of hydrogen-bond donors (Lipinski definition) is 0. The van der Waals surface area contributed by atoms with Crippen LogP contribution in [0.4, 0.5) is 0 Å². The van der Waals surface area contributed by atoms with Crippen molar-refractivity contribution in [3.05, 3.63) is 0 Å². The lowest BCUT2D eigenvalue weighted by molar-refractivity contribution is 0.190. The monoisotopic (exact) mass is 263 g/mol. The lowest BCUT2D eigenvalue weighted by Gasteiger charge is -2.32. The molecule has 0 aliphatic carbocycles. The van der Waals surface area contributed by atoms with Gasteiger partial charge >= 0.3 is 0 Å². The average molecular weight is 263 g/mol. The normalized spacial score (nSPS) is 19.4. The molecule has 4 atom stereocenters. The SMILES string of the molecule is CCC(C)C(C)C(C)C(CC)CC[S-](=O)=S. The Morgan fingerprint density at radius 2 is 1.62 bits per heavy atom. The van der Waals surface area contributed by atoms with Crippen LogP contribution in [0.1, 0.15) is 53.9 Å². The first-order chi connectivity index (χ1) is 7.43. The molecule has 0 N–H and O–H groups in total. The van der Waals surface area contributed by atoms with Crippen LogP contribution in [-0.2, 0) is 24.8 Å². The summed E-state index contributed by atoms with van der Waals surface area (Å²) in [6.45, 7) is 11.5. The van der Waals surface area contributed by atoms with E-state index in [-0.39, 0.29) is 0 Å². The molecule has 0 amide bonds. The zero-order valence-electron chi connectivity index (χ0n) is 11.4. The summed E-state index contributed by atoms with van der Waals surface area (Å²) in [5.41, 5.74) is 0. The molecule has 0 spiro atoms. The molecule has 0 bridgehead atoms. The molecule has 0 heterocycles. The Morgan fingerprint density at radius 3 is 2.00 bits per heavy atom. The van der Waals surface area contributed by atoms with Gasteiger partial charge in [0.05, 0.1) is 0 Å². The van der Waals surface area contributed by atoms with Crippen LogP contribution in [0.15, 0.2) is 0 Å². The zero-order valence-corrected chi connectivity index (χ0v) is 13.0. The van der Waals surface area contributed by atoms with E-state index in [4.69, 9.17) is 11.2 Å². The summed E-state index contributed by atoms with van der Waals surface area (Å²) in [5, 5.41) is 0. The van der Waals surface area contributed by atoms with Gasteiger partial charge in [-0.1, -0.05) is 59.6 Å². The van der Waals surface area contributed by atoms with Crippen molar-refractivity contribution in [3.63, 3.8) is 0 Å². The maximum Gasteiger partial charge on any atom is -0.0387 e. The minimum absolute atomic E-state index is 0.677. The first-order valence-electron chi connectivity index (χ1n) is 6.49. The van der Waals surface area contributed by atoms with Gasteiger partial charge in [-0.25, -0.2) is 20.5 Å². The van der Waals surface area contributed by atoms with Crippen LogP contribution in [0.5, 0.6) is 0 Å². The second kappa shape index (κ2) is 8.46. The molecule has 16 heavy (non-hydrogen) atoms. The fourth-order valence-corrected chi connectivity index (χ4v) is 3.19. The van der Waals surface area contributed by atoms with Crippen LogP contribution < -0.4 is 0 Å². The molecule has 0 aromatic carbocycles. The van der Waals surface area contributed by atoms with Gasteiger partial charge in [0.1, 0.15) is 0 Å². The van der Waals surface area contributed by atoms with E-state index in [1.165, 1.54) is 12.8 Å². The van der Waals surface area contributed by atoms with Crippen molar-refractivity contribution in [2.24, 2.45) is 23.7 Å². The maximum atomic E-state index is 11.0. The van der Waals surface area contributed by atoms with Crippen LogP contribution in [0.25, 0.3) is 0 Å². The molecule has 98 valence electrons. The molecule has 4 unspecified atom stereocenters. The Hall–Kier alpha value is 0.370. The van der Waals surface area contributed by atoms with Crippen LogP contribution in [0.3, 0.4) is 0 Å². The van der Waals surface area contributed by atoms with Crippen molar-refractivity contribution in [1.29, 1.82) is 0 Å². The number of hydrogen-bond acceptors (Lipinski definition) is 3. The van der Waals surface area contributed by atoms with Gasteiger partial charge in [-0.3, -0.25) is 0 Å². The highest BCUT2D eigenvalue weighted by Gasteiger charge is 2.23. The van der Waals surface area contributed by atoms with Gasteiger partial charge in [0.2, 0.25) is 0 Å². The van der Waals surface area contributed by atoms with Crippen molar-refractivity contribution in [3.8, 4) is 0 Å². The molecule has 1 nitrogen and oxygen atoms in total. The molecular weight excluding hydrogens is 236 g/mol. The highest BCUT2D eigenvalue weighted by atomic mass is 32.8. The lowest BCUT2D eigenvalue weighted by Crippen LogP contribution is -2.24. The van der Waals surface area contributed by atoms with Crippen LogP contribution in [0.2, 0.25) is 0 Å². The van der Waals surface area contributed by atoms with Crippen LogP contribution in [0, 0.1) is 23.7 Å². The Balaban J connectivity index is 4.33. The summed E-state index contributed by atoms with van der Waals surface area (Å²) in [6.07, 6.45) is 3.44. The Kier molecular flexibility index (Phi) is 8.65. The van der Waals surface area contributed by atoms with E-state index in [1.54, 1.807) is 0 Å². The van der Waals surface area contributed by atoms with Gasteiger partial charge < -0.3 is 4.21 Å². The molecule has 0 rings (SSSR count). The zero-order chi connectivity index (χ0) is 12.7. The molecule has 0 aliphatic rings. The minimum atomic E-state index is -1.05. The third kappa shape index (κ3) is 5.62. The third-order valence-electron chi connectivity index (χ3n) is 4.29. The summed E-state index contributed by atoms with van der Waals surface area (Å²) in [5.74, 6) is 3.59. The maximum absolute atomic E-state index is 11.0. The molecule has 0 fully saturated rings. The van der Waals surface area contributed by atoms with Gasteiger partial charge in [0.15, 0.2) is 0 Å². The smallest absolute Gasteiger partial charge is 0.0387 e. The highest BCUT2D eigenvalue weighted by Crippen LogP contribution is 2.32. The van der Waals surface area contributed by atoms with E-state index >= 15 is 0 Å². The molecule has 0 saturated carbocycles. The molecule has 3 heteroatoms. The fraction of sp³-hybridized carbons (Fsp3) is 1.00. The van der Waals surface area contributed by atoms with E-state index in [0.29, 0.717) is 17.6 Å². The second-order valence-electron chi connectivity index (χ2n) is 5.07. The van der Waals surface area contributed by atoms with E-state index in [2.05, 4.69) is 34.6 Å². The van der Waals surface area contributed by atoms with Gasteiger partial charge in [-0.2, -0.15) is 0 Å². The predicted molar refractivity (Wildman–Crippen MR) is 76.5 cm³/mol. The summed E-state index contributed by atoms with van der Waals surface area (Å²) in [7, 11) is -1.05. The highest BCUT2D eigenvalue weighted by molar-refractivity contribution is 8.21. The van der Waals surface area contributed by atoms with Crippen molar-refractivity contribution in [1.82, 2.24) is 0 Å². The minimum Gasteiger partial charge on any atom is -0.451 e. The molecule has 0 radical (unpaired) electrons. The van der Waals surface area contributed by atoms with Crippen molar-refractivity contribution >= 4 is 20.5 Å². The third-order valence-corrected chi connectivity index (χ3v) is 5.36. The van der Waals surface area contributed by atoms with E-state index < -0.39 is 9.36 Å². The van der Waals surface area contributed by atoms with Gasteiger partial charge in [-0.05, 0) is 23.7 Å². The van der Waals surface area contributed by atoms with Crippen LogP contribution in [-0.4, -0.2) is 5.75 Å². The standard InChI is InChI=1S/C13H27OS2/c1-6-10(3)11(4)12(5)13(7-2)8-9-16(14)15/h10-13H,6-9H2,1-5H3/q-1.